The van der Waals surface area contributed by atoms with Gasteiger partial charge in [0.2, 0.25) is 11.8 Å². The standard InChI is InChI=1S/C15H24N2O2/c1-3-11-16-14(19)15-9-6-5-7-12(15)17(4-2)13(18)8-10-15/h7H,3-6,8-11H2,1-2H3,(H,16,19). The van der Waals surface area contributed by atoms with Gasteiger partial charge < -0.3 is 10.2 Å². The van der Waals surface area contributed by atoms with E-state index in [4.69, 9.17) is 0 Å². The Kier molecular flexibility index (Phi) is 4.27. The van der Waals surface area contributed by atoms with E-state index in [0.717, 1.165) is 31.4 Å². The zero-order valence-corrected chi connectivity index (χ0v) is 12.0. The Morgan fingerprint density at radius 3 is 2.89 bits per heavy atom. The van der Waals surface area contributed by atoms with Gasteiger partial charge in [-0.3, -0.25) is 9.59 Å². The maximum Gasteiger partial charge on any atom is 0.232 e. The Bertz CT molecular complexity index is 403. The van der Waals surface area contributed by atoms with Crippen LogP contribution in [0.25, 0.3) is 0 Å². The normalized spacial score (nSPS) is 26.7. The van der Waals surface area contributed by atoms with E-state index in [-0.39, 0.29) is 11.8 Å². The fourth-order valence-electron chi connectivity index (χ4n) is 3.28. The second kappa shape index (κ2) is 5.76. The quantitative estimate of drug-likeness (QED) is 0.846. The molecular formula is C15H24N2O2. The Labute approximate surface area is 115 Å². The van der Waals surface area contributed by atoms with E-state index in [0.29, 0.717) is 25.9 Å². The van der Waals surface area contributed by atoms with Gasteiger partial charge in [-0.1, -0.05) is 13.0 Å². The third-order valence-corrected chi connectivity index (χ3v) is 4.28. The first-order valence-electron chi connectivity index (χ1n) is 7.45. The van der Waals surface area contributed by atoms with Crippen LogP contribution in [0, 0.1) is 5.41 Å². The van der Waals surface area contributed by atoms with Crippen LogP contribution in [0.2, 0.25) is 0 Å². The van der Waals surface area contributed by atoms with Crippen LogP contribution in [0.1, 0.15) is 52.4 Å². The topological polar surface area (TPSA) is 49.4 Å². The molecule has 2 rings (SSSR count). The number of likely N-dealkylation sites (tertiary alicyclic amines) is 1. The zero-order chi connectivity index (χ0) is 13.9. The molecule has 106 valence electrons. The lowest BCUT2D eigenvalue weighted by Gasteiger charge is -2.45. The van der Waals surface area contributed by atoms with E-state index < -0.39 is 5.41 Å². The molecule has 1 heterocycles. The van der Waals surface area contributed by atoms with Crippen molar-refractivity contribution in [3.63, 3.8) is 0 Å². The third-order valence-electron chi connectivity index (χ3n) is 4.28. The lowest BCUT2D eigenvalue weighted by molar-refractivity contribution is -0.140. The number of carbonyl (C=O) groups is 2. The number of amides is 2. The summed E-state index contributed by atoms with van der Waals surface area (Å²) in [6, 6.07) is 0. The van der Waals surface area contributed by atoms with Crippen LogP contribution in [0.5, 0.6) is 0 Å². The van der Waals surface area contributed by atoms with Crippen molar-refractivity contribution >= 4 is 11.8 Å². The molecule has 0 radical (unpaired) electrons. The first kappa shape index (κ1) is 14.1. The van der Waals surface area contributed by atoms with Gasteiger partial charge in [-0.25, -0.2) is 0 Å². The molecule has 0 aromatic heterocycles. The smallest absolute Gasteiger partial charge is 0.232 e. The molecule has 2 amide bonds. The average Bonchev–Trinajstić information content (AvgIpc) is 2.44. The van der Waals surface area contributed by atoms with Crippen LogP contribution >= 0.6 is 0 Å². The molecule has 4 heteroatoms. The Morgan fingerprint density at radius 2 is 2.21 bits per heavy atom. The highest BCUT2D eigenvalue weighted by atomic mass is 16.2. The van der Waals surface area contributed by atoms with E-state index in [1.807, 2.05) is 11.8 Å². The molecule has 1 atom stereocenters. The summed E-state index contributed by atoms with van der Waals surface area (Å²) in [5.41, 5.74) is 0.517. The highest BCUT2D eigenvalue weighted by molar-refractivity contribution is 5.91. The fraction of sp³-hybridized carbons (Fsp3) is 0.733. The number of allylic oxidation sites excluding steroid dienone is 1. The highest BCUT2D eigenvalue weighted by Crippen LogP contribution is 2.46. The summed E-state index contributed by atoms with van der Waals surface area (Å²) in [4.78, 5) is 26.4. The molecule has 0 spiro atoms. The predicted molar refractivity (Wildman–Crippen MR) is 74.3 cm³/mol. The molecule has 1 fully saturated rings. The van der Waals surface area contributed by atoms with Crippen molar-refractivity contribution in [2.45, 2.75) is 52.4 Å². The van der Waals surface area contributed by atoms with E-state index in [1.54, 1.807) is 0 Å². The van der Waals surface area contributed by atoms with Crippen LogP contribution in [0.15, 0.2) is 11.8 Å². The summed E-state index contributed by atoms with van der Waals surface area (Å²) < 4.78 is 0. The maximum absolute atomic E-state index is 12.6. The molecule has 1 unspecified atom stereocenters. The van der Waals surface area contributed by atoms with Crippen molar-refractivity contribution in [1.29, 1.82) is 0 Å². The molecule has 19 heavy (non-hydrogen) atoms. The molecule has 0 bridgehead atoms. The van der Waals surface area contributed by atoms with Crippen LogP contribution in [-0.4, -0.2) is 29.8 Å². The van der Waals surface area contributed by atoms with Crippen LogP contribution in [-0.2, 0) is 9.59 Å². The Hall–Kier alpha value is -1.32. The number of carbonyl (C=O) groups excluding carboxylic acids is 2. The monoisotopic (exact) mass is 264 g/mol. The minimum absolute atomic E-state index is 0.117. The van der Waals surface area contributed by atoms with Crippen LogP contribution < -0.4 is 5.32 Å². The van der Waals surface area contributed by atoms with Gasteiger partial charge in [0.1, 0.15) is 0 Å². The number of fused-ring (bicyclic) bond motifs is 1. The van der Waals surface area contributed by atoms with Gasteiger partial charge in [0.05, 0.1) is 5.41 Å². The lowest BCUT2D eigenvalue weighted by atomic mass is 9.69. The summed E-state index contributed by atoms with van der Waals surface area (Å²) >= 11 is 0. The second-order valence-electron chi connectivity index (χ2n) is 5.46. The first-order chi connectivity index (χ1) is 9.15. The molecule has 0 aromatic rings. The largest absolute Gasteiger partial charge is 0.355 e. The number of nitrogens with zero attached hydrogens (tertiary/aromatic N) is 1. The third kappa shape index (κ3) is 2.40. The summed E-state index contributed by atoms with van der Waals surface area (Å²) in [5.74, 6) is 0.279. The molecule has 1 saturated heterocycles. The van der Waals surface area contributed by atoms with E-state index in [1.165, 1.54) is 0 Å². The van der Waals surface area contributed by atoms with Gasteiger partial charge >= 0.3 is 0 Å². The molecule has 0 aromatic carbocycles. The minimum Gasteiger partial charge on any atom is -0.355 e. The predicted octanol–water partition coefficient (Wildman–Crippen LogP) is 2.21. The lowest BCUT2D eigenvalue weighted by Crippen LogP contribution is -2.52. The number of hydrogen-bond donors (Lipinski definition) is 1. The van der Waals surface area contributed by atoms with Gasteiger partial charge in [-0.2, -0.15) is 0 Å². The molecule has 2 aliphatic rings. The fourth-order valence-corrected chi connectivity index (χ4v) is 3.28. The second-order valence-corrected chi connectivity index (χ2v) is 5.46. The SMILES string of the molecule is CCCNC(=O)C12CCCC=C1N(CC)C(=O)CC2. The number of nitrogens with one attached hydrogen (secondary N) is 1. The van der Waals surface area contributed by atoms with Gasteiger partial charge in [0.25, 0.3) is 0 Å². The molecule has 1 N–H and O–H groups in total. The summed E-state index contributed by atoms with van der Waals surface area (Å²) in [5, 5.41) is 3.03. The Balaban J connectivity index is 2.30. The van der Waals surface area contributed by atoms with E-state index in [2.05, 4.69) is 18.3 Å². The number of hydrogen-bond acceptors (Lipinski definition) is 2. The van der Waals surface area contributed by atoms with Gasteiger partial charge in [0.15, 0.2) is 0 Å². The molecule has 1 aliphatic heterocycles. The van der Waals surface area contributed by atoms with Gasteiger partial charge in [0, 0.05) is 25.2 Å². The van der Waals surface area contributed by atoms with Crippen LogP contribution in [0.3, 0.4) is 0 Å². The van der Waals surface area contributed by atoms with E-state index in [9.17, 15) is 9.59 Å². The van der Waals surface area contributed by atoms with Crippen molar-refractivity contribution < 1.29 is 9.59 Å². The van der Waals surface area contributed by atoms with E-state index >= 15 is 0 Å². The van der Waals surface area contributed by atoms with Gasteiger partial charge in [-0.05, 0) is 39.0 Å². The van der Waals surface area contributed by atoms with Crippen molar-refractivity contribution in [2.75, 3.05) is 13.1 Å². The highest BCUT2D eigenvalue weighted by Gasteiger charge is 2.48. The molecular weight excluding hydrogens is 240 g/mol. The zero-order valence-electron chi connectivity index (χ0n) is 12.0. The molecule has 1 aliphatic carbocycles. The number of piperidine rings is 1. The number of rotatable bonds is 4. The minimum atomic E-state index is -0.447. The van der Waals surface area contributed by atoms with Crippen LogP contribution in [0.4, 0.5) is 0 Å². The summed E-state index contributed by atoms with van der Waals surface area (Å²) in [7, 11) is 0. The summed E-state index contributed by atoms with van der Waals surface area (Å²) in [6.07, 6.45) is 7.09. The Morgan fingerprint density at radius 1 is 1.42 bits per heavy atom. The average molecular weight is 264 g/mol. The molecule has 4 nitrogen and oxygen atoms in total. The maximum atomic E-state index is 12.6. The molecule has 0 saturated carbocycles. The summed E-state index contributed by atoms with van der Waals surface area (Å²) in [6.45, 7) is 5.41. The van der Waals surface area contributed by atoms with Gasteiger partial charge in [-0.15, -0.1) is 0 Å². The van der Waals surface area contributed by atoms with Crippen molar-refractivity contribution in [3.8, 4) is 0 Å². The first-order valence-corrected chi connectivity index (χ1v) is 7.45. The van der Waals surface area contributed by atoms with Crippen molar-refractivity contribution in [2.24, 2.45) is 5.41 Å². The van der Waals surface area contributed by atoms with Crippen molar-refractivity contribution in [3.05, 3.63) is 11.8 Å². The van der Waals surface area contributed by atoms with Crippen molar-refractivity contribution in [1.82, 2.24) is 10.2 Å².